The number of amides is 1. The van der Waals surface area contributed by atoms with Crippen LogP contribution in [-0.4, -0.2) is 18.7 Å². The van der Waals surface area contributed by atoms with Gasteiger partial charge in [-0.1, -0.05) is 26.0 Å². The van der Waals surface area contributed by atoms with Crippen LogP contribution in [0.5, 0.6) is 0 Å². The molecule has 0 aromatic rings. The van der Waals surface area contributed by atoms with Crippen molar-refractivity contribution in [2.45, 2.75) is 39.7 Å². The fraction of sp³-hybridized carbons (Fsp3) is 0.700. The van der Waals surface area contributed by atoms with Crippen molar-refractivity contribution in [2.75, 3.05) is 6.61 Å². The molecule has 0 heterocycles. The van der Waals surface area contributed by atoms with E-state index < -0.39 is 0 Å². The van der Waals surface area contributed by atoms with Crippen LogP contribution in [0.15, 0.2) is 12.2 Å². The van der Waals surface area contributed by atoms with Gasteiger partial charge < -0.3 is 10.1 Å². The highest BCUT2D eigenvalue weighted by atomic mass is 16.5. The third-order valence-corrected chi connectivity index (χ3v) is 1.62. The summed E-state index contributed by atoms with van der Waals surface area (Å²) >= 11 is 0. The van der Waals surface area contributed by atoms with Crippen molar-refractivity contribution in [3.8, 4) is 0 Å². The fourth-order valence-corrected chi connectivity index (χ4v) is 0.911. The monoisotopic (exact) mass is 185 g/mol. The van der Waals surface area contributed by atoms with Crippen LogP contribution in [0.1, 0.15) is 33.6 Å². The summed E-state index contributed by atoms with van der Waals surface area (Å²) < 4.78 is 4.77. The molecule has 1 amide bonds. The molecular formula is C10H19NO2. The summed E-state index contributed by atoms with van der Waals surface area (Å²) in [6, 6.07) is 0.0963. The Morgan fingerprint density at radius 3 is 2.62 bits per heavy atom. The van der Waals surface area contributed by atoms with Crippen molar-refractivity contribution >= 4 is 6.09 Å². The molecule has 0 spiro atoms. The minimum absolute atomic E-state index is 0.0963. The summed E-state index contributed by atoms with van der Waals surface area (Å²) in [5, 5.41) is 2.75. The SMILES string of the molecule is CC/C=C/C(CC)NC(=O)OCC. The predicted octanol–water partition coefficient (Wildman–Crippen LogP) is 2.48. The zero-order valence-electron chi connectivity index (χ0n) is 8.67. The van der Waals surface area contributed by atoms with Crippen LogP contribution in [0, 0.1) is 0 Å². The van der Waals surface area contributed by atoms with E-state index in [1.54, 1.807) is 6.92 Å². The smallest absolute Gasteiger partial charge is 0.407 e. The summed E-state index contributed by atoms with van der Waals surface area (Å²) in [4.78, 5) is 11.0. The van der Waals surface area contributed by atoms with Crippen molar-refractivity contribution in [3.05, 3.63) is 12.2 Å². The first-order chi connectivity index (χ1) is 6.24. The van der Waals surface area contributed by atoms with Gasteiger partial charge in [0.05, 0.1) is 12.6 Å². The Hall–Kier alpha value is -0.990. The lowest BCUT2D eigenvalue weighted by atomic mass is 10.2. The molecule has 0 aromatic heterocycles. The molecule has 1 atom stereocenters. The molecule has 1 N–H and O–H groups in total. The molecule has 0 aliphatic carbocycles. The van der Waals surface area contributed by atoms with Gasteiger partial charge in [0.1, 0.15) is 0 Å². The second-order valence-electron chi connectivity index (χ2n) is 2.72. The van der Waals surface area contributed by atoms with Crippen LogP contribution in [0.25, 0.3) is 0 Å². The van der Waals surface area contributed by atoms with Crippen molar-refractivity contribution < 1.29 is 9.53 Å². The van der Waals surface area contributed by atoms with E-state index in [-0.39, 0.29) is 12.1 Å². The van der Waals surface area contributed by atoms with E-state index in [4.69, 9.17) is 4.74 Å². The largest absolute Gasteiger partial charge is 0.450 e. The van der Waals surface area contributed by atoms with E-state index in [0.717, 1.165) is 12.8 Å². The highest BCUT2D eigenvalue weighted by molar-refractivity contribution is 5.67. The number of rotatable bonds is 5. The van der Waals surface area contributed by atoms with Crippen molar-refractivity contribution in [3.63, 3.8) is 0 Å². The third-order valence-electron chi connectivity index (χ3n) is 1.62. The number of carbonyl (C=O) groups excluding carboxylic acids is 1. The second-order valence-corrected chi connectivity index (χ2v) is 2.72. The van der Waals surface area contributed by atoms with Gasteiger partial charge in [0.2, 0.25) is 0 Å². The average Bonchev–Trinajstić information content (AvgIpc) is 2.12. The summed E-state index contributed by atoms with van der Waals surface area (Å²) in [6.07, 6.45) is 5.57. The first-order valence-electron chi connectivity index (χ1n) is 4.84. The molecule has 0 aliphatic rings. The first kappa shape index (κ1) is 12.0. The lowest BCUT2D eigenvalue weighted by Gasteiger charge is -2.11. The number of carbonyl (C=O) groups is 1. The quantitative estimate of drug-likeness (QED) is 0.668. The predicted molar refractivity (Wildman–Crippen MR) is 53.7 cm³/mol. The fourth-order valence-electron chi connectivity index (χ4n) is 0.911. The van der Waals surface area contributed by atoms with Crippen LogP contribution in [0.4, 0.5) is 4.79 Å². The van der Waals surface area contributed by atoms with Gasteiger partial charge in [-0.15, -0.1) is 0 Å². The van der Waals surface area contributed by atoms with Crippen LogP contribution < -0.4 is 5.32 Å². The van der Waals surface area contributed by atoms with Gasteiger partial charge in [0.15, 0.2) is 0 Å². The second kappa shape index (κ2) is 7.65. The molecule has 0 fully saturated rings. The maximum absolute atomic E-state index is 11.0. The van der Waals surface area contributed by atoms with Crippen LogP contribution >= 0.6 is 0 Å². The Bertz CT molecular complexity index is 166. The maximum atomic E-state index is 11.0. The highest BCUT2D eigenvalue weighted by Crippen LogP contribution is 1.95. The molecule has 0 bridgehead atoms. The molecule has 0 saturated heterocycles. The number of alkyl carbamates (subject to hydrolysis) is 1. The number of ether oxygens (including phenoxy) is 1. The number of allylic oxidation sites excluding steroid dienone is 1. The Morgan fingerprint density at radius 2 is 2.15 bits per heavy atom. The van der Waals surface area contributed by atoms with E-state index in [2.05, 4.69) is 12.2 Å². The Kier molecular flexibility index (Phi) is 7.07. The average molecular weight is 185 g/mol. The molecule has 76 valence electrons. The standard InChI is InChI=1S/C10H19NO2/c1-4-7-8-9(5-2)11-10(12)13-6-3/h7-9H,4-6H2,1-3H3,(H,11,12)/b8-7+. The van der Waals surface area contributed by atoms with E-state index in [1.807, 2.05) is 19.1 Å². The molecular weight excluding hydrogens is 166 g/mol. The minimum atomic E-state index is -0.338. The third kappa shape index (κ3) is 6.20. The Balaban J connectivity index is 3.82. The van der Waals surface area contributed by atoms with E-state index in [9.17, 15) is 4.79 Å². The van der Waals surface area contributed by atoms with E-state index in [0.29, 0.717) is 6.61 Å². The normalized spacial score (nSPS) is 12.8. The zero-order chi connectivity index (χ0) is 10.1. The minimum Gasteiger partial charge on any atom is -0.450 e. The molecule has 3 heteroatoms. The summed E-state index contributed by atoms with van der Waals surface area (Å²) in [7, 11) is 0. The summed E-state index contributed by atoms with van der Waals surface area (Å²) in [5.41, 5.74) is 0. The van der Waals surface area contributed by atoms with E-state index >= 15 is 0 Å². The van der Waals surface area contributed by atoms with Gasteiger partial charge in [0, 0.05) is 0 Å². The van der Waals surface area contributed by atoms with Crippen LogP contribution in [0.2, 0.25) is 0 Å². The van der Waals surface area contributed by atoms with Crippen molar-refractivity contribution in [1.29, 1.82) is 0 Å². The lowest BCUT2D eigenvalue weighted by Crippen LogP contribution is -2.33. The molecule has 13 heavy (non-hydrogen) atoms. The molecule has 0 radical (unpaired) electrons. The molecule has 0 saturated carbocycles. The Morgan fingerprint density at radius 1 is 1.46 bits per heavy atom. The molecule has 0 aliphatic heterocycles. The number of hydrogen-bond donors (Lipinski definition) is 1. The first-order valence-corrected chi connectivity index (χ1v) is 4.84. The van der Waals surface area contributed by atoms with Gasteiger partial charge in [-0.25, -0.2) is 4.79 Å². The summed E-state index contributed by atoms with van der Waals surface area (Å²) in [5.74, 6) is 0. The number of nitrogens with one attached hydrogen (secondary N) is 1. The van der Waals surface area contributed by atoms with E-state index in [1.165, 1.54) is 0 Å². The van der Waals surface area contributed by atoms with Crippen molar-refractivity contribution in [2.24, 2.45) is 0 Å². The molecule has 0 aromatic carbocycles. The maximum Gasteiger partial charge on any atom is 0.407 e. The molecule has 3 nitrogen and oxygen atoms in total. The highest BCUT2D eigenvalue weighted by Gasteiger charge is 2.06. The van der Waals surface area contributed by atoms with Gasteiger partial charge in [-0.3, -0.25) is 0 Å². The van der Waals surface area contributed by atoms with Gasteiger partial charge in [-0.05, 0) is 19.8 Å². The number of hydrogen-bond acceptors (Lipinski definition) is 2. The van der Waals surface area contributed by atoms with Gasteiger partial charge >= 0.3 is 6.09 Å². The zero-order valence-corrected chi connectivity index (χ0v) is 8.67. The van der Waals surface area contributed by atoms with Crippen molar-refractivity contribution in [1.82, 2.24) is 5.32 Å². The van der Waals surface area contributed by atoms with Gasteiger partial charge in [-0.2, -0.15) is 0 Å². The van der Waals surface area contributed by atoms with Crippen LogP contribution in [-0.2, 0) is 4.74 Å². The lowest BCUT2D eigenvalue weighted by molar-refractivity contribution is 0.149. The molecule has 0 rings (SSSR count). The molecule has 1 unspecified atom stereocenters. The van der Waals surface area contributed by atoms with Gasteiger partial charge in [0.25, 0.3) is 0 Å². The topological polar surface area (TPSA) is 38.3 Å². The Labute approximate surface area is 80.2 Å². The van der Waals surface area contributed by atoms with Crippen LogP contribution in [0.3, 0.4) is 0 Å². The summed E-state index contributed by atoms with van der Waals surface area (Å²) in [6.45, 7) is 6.30.